The highest BCUT2D eigenvalue weighted by Gasteiger charge is 2.28. The Morgan fingerprint density at radius 3 is 2.41 bits per heavy atom. The first-order valence-electron chi connectivity index (χ1n) is 11.9. The summed E-state index contributed by atoms with van der Waals surface area (Å²) < 4.78 is 5.91. The smallest absolute Gasteiger partial charge is 0.253 e. The molecule has 0 radical (unpaired) electrons. The van der Waals surface area contributed by atoms with Crippen LogP contribution in [0.15, 0.2) is 42.5 Å². The third kappa shape index (κ3) is 7.03. The topological polar surface area (TPSA) is 70.7 Å². The number of amides is 2. The minimum atomic E-state index is -0.594. The number of nitrogens with one attached hydrogen (secondary N) is 2. The van der Waals surface area contributed by atoms with Crippen LogP contribution >= 0.6 is 12.2 Å². The number of ether oxygens (including phenoxy) is 1. The van der Waals surface area contributed by atoms with Gasteiger partial charge in [0.15, 0.2) is 5.11 Å². The Kier molecular flexibility index (Phi) is 8.67. The van der Waals surface area contributed by atoms with Crippen LogP contribution in [-0.4, -0.2) is 41.5 Å². The SMILES string of the molecule is Cc1ccc(C)c(OCCCC(C)(C)C(=O)NC(=S)Nc2ccc(C(=O)N3CCCC3)cc2)c1. The molecule has 34 heavy (non-hydrogen) atoms. The lowest BCUT2D eigenvalue weighted by molar-refractivity contribution is -0.128. The Bertz CT molecular complexity index is 1030. The number of carbonyl (C=O) groups is 2. The summed E-state index contributed by atoms with van der Waals surface area (Å²) in [5.74, 6) is 0.807. The van der Waals surface area contributed by atoms with Crippen LogP contribution in [0.25, 0.3) is 0 Å². The summed E-state index contributed by atoms with van der Waals surface area (Å²) in [7, 11) is 0. The van der Waals surface area contributed by atoms with Gasteiger partial charge in [-0.1, -0.05) is 26.0 Å². The molecule has 0 aliphatic carbocycles. The van der Waals surface area contributed by atoms with Crippen molar-refractivity contribution in [3.05, 3.63) is 59.2 Å². The lowest BCUT2D eigenvalue weighted by Gasteiger charge is -2.24. The molecule has 0 saturated carbocycles. The van der Waals surface area contributed by atoms with Gasteiger partial charge in [-0.2, -0.15) is 0 Å². The first-order chi connectivity index (χ1) is 16.2. The van der Waals surface area contributed by atoms with Crippen LogP contribution in [0.4, 0.5) is 5.69 Å². The van der Waals surface area contributed by atoms with E-state index in [1.54, 1.807) is 24.3 Å². The van der Waals surface area contributed by atoms with E-state index in [0.29, 0.717) is 18.6 Å². The van der Waals surface area contributed by atoms with Gasteiger partial charge in [0.1, 0.15) is 5.75 Å². The van der Waals surface area contributed by atoms with Gasteiger partial charge in [0.25, 0.3) is 5.91 Å². The molecule has 1 aliphatic heterocycles. The Labute approximate surface area is 208 Å². The molecule has 1 fully saturated rings. The summed E-state index contributed by atoms with van der Waals surface area (Å²) in [4.78, 5) is 27.1. The number of carbonyl (C=O) groups excluding carboxylic acids is 2. The summed E-state index contributed by atoms with van der Waals surface area (Å²) in [5, 5.41) is 6.06. The Hall–Kier alpha value is -2.93. The van der Waals surface area contributed by atoms with Crippen LogP contribution in [0.5, 0.6) is 5.75 Å². The van der Waals surface area contributed by atoms with E-state index in [4.69, 9.17) is 17.0 Å². The fourth-order valence-corrected chi connectivity index (χ4v) is 4.12. The highest BCUT2D eigenvalue weighted by atomic mass is 32.1. The first kappa shape index (κ1) is 25.7. The van der Waals surface area contributed by atoms with E-state index in [9.17, 15) is 9.59 Å². The normalized spacial score (nSPS) is 13.5. The third-order valence-electron chi connectivity index (χ3n) is 6.17. The number of benzene rings is 2. The van der Waals surface area contributed by atoms with Crippen molar-refractivity contribution in [2.75, 3.05) is 25.0 Å². The van der Waals surface area contributed by atoms with Crippen LogP contribution in [-0.2, 0) is 4.79 Å². The molecule has 0 unspecified atom stereocenters. The number of rotatable bonds is 8. The monoisotopic (exact) mass is 481 g/mol. The summed E-state index contributed by atoms with van der Waals surface area (Å²) >= 11 is 5.34. The van der Waals surface area contributed by atoms with Crippen molar-refractivity contribution in [2.45, 2.75) is 53.4 Å². The predicted octanol–water partition coefficient (Wildman–Crippen LogP) is 5.24. The van der Waals surface area contributed by atoms with Gasteiger partial charge in [-0.3, -0.25) is 9.59 Å². The maximum absolute atomic E-state index is 12.8. The van der Waals surface area contributed by atoms with Gasteiger partial charge in [0.05, 0.1) is 6.61 Å². The summed E-state index contributed by atoms with van der Waals surface area (Å²) in [5.41, 5.74) is 3.05. The molecule has 182 valence electrons. The van der Waals surface area contributed by atoms with Gasteiger partial charge < -0.3 is 20.3 Å². The number of nitrogens with zero attached hydrogens (tertiary/aromatic N) is 1. The van der Waals surface area contributed by atoms with E-state index in [1.807, 2.05) is 38.7 Å². The molecule has 2 amide bonds. The molecular weight excluding hydrogens is 446 g/mol. The van der Waals surface area contributed by atoms with Crippen molar-refractivity contribution in [1.82, 2.24) is 10.2 Å². The molecule has 1 aliphatic rings. The van der Waals surface area contributed by atoms with Crippen molar-refractivity contribution in [1.29, 1.82) is 0 Å². The first-order valence-corrected chi connectivity index (χ1v) is 12.3. The molecule has 0 spiro atoms. The predicted molar refractivity (Wildman–Crippen MR) is 140 cm³/mol. The van der Waals surface area contributed by atoms with Gasteiger partial charge in [0, 0.05) is 29.8 Å². The molecule has 1 saturated heterocycles. The van der Waals surface area contributed by atoms with Crippen LogP contribution < -0.4 is 15.4 Å². The van der Waals surface area contributed by atoms with Gasteiger partial charge >= 0.3 is 0 Å². The van der Waals surface area contributed by atoms with E-state index < -0.39 is 5.41 Å². The van der Waals surface area contributed by atoms with Crippen molar-refractivity contribution >= 4 is 34.8 Å². The molecule has 7 heteroatoms. The van der Waals surface area contributed by atoms with Crippen molar-refractivity contribution in [2.24, 2.45) is 5.41 Å². The second-order valence-corrected chi connectivity index (χ2v) is 10.00. The van der Waals surface area contributed by atoms with Crippen LogP contribution in [0.3, 0.4) is 0 Å². The van der Waals surface area contributed by atoms with E-state index in [2.05, 4.69) is 22.8 Å². The highest BCUT2D eigenvalue weighted by molar-refractivity contribution is 7.80. The van der Waals surface area contributed by atoms with Gasteiger partial charge in [-0.25, -0.2) is 0 Å². The highest BCUT2D eigenvalue weighted by Crippen LogP contribution is 2.24. The fraction of sp³-hybridized carbons (Fsp3) is 0.444. The lowest BCUT2D eigenvalue weighted by Crippen LogP contribution is -2.42. The molecular formula is C27H35N3O3S. The number of likely N-dealkylation sites (tertiary alicyclic amines) is 1. The second kappa shape index (κ2) is 11.5. The van der Waals surface area contributed by atoms with E-state index >= 15 is 0 Å². The van der Waals surface area contributed by atoms with Crippen molar-refractivity contribution in [3.63, 3.8) is 0 Å². The summed E-state index contributed by atoms with van der Waals surface area (Å²) in [6, 6.07) is 13.3. The van der Waals surface area contributed by atoms with Gasteiger partial charge in [-0.05, 0) is 93.2 Å². The lowest BCUT2D eigenvalue weighted by atomic mass is 9.87. The minimum Gasteiger partial charge on any atom is -0.493 e. The number of hydrogen-bond donors (Lipinski definition) is 2. The second-order valence-electron chi connectivity index (χ2n) is 9.59. The Morgan fingerprint density at radius 1 is 1.06 bits per heavy atom. The summed E-state index contributed by atoms with van der Waals surface area (Å²) in [6.07, 6.45) is 3.55. The zero-order chi connectivity index (χ0) is 24.7. The standard InChI is InChI=1S/C27H35N3O3S/c1-19-8-9-20(2)23(18-19)33-17-7-14-27(3,4)25(32)29-26(34)28-22-12-10-21(11-13-22)24(31)30-15-5-6-16-30/h8-13,18H,5-7,14-17H2,1-4H3,(H2,28,29,32,34). The maximum atomic E-state index is 12.8. The minimum absolute atomic E-state index is 0.0585. The molecule has 0 aromatic heterocycles. The molecule has 3 rings (SSSR count). The number of thiocarbonyl (C=S) groups is 1. The van der Waals surface area contributed by atoms with Crippen LogP contribution in [0.1, 0.15) is 61.0 Å². The maximum Gasteiger partial charge on any atom is 0.253 e. The van der Waals surface area contributed by atoms with Crippen LogP contribution in [0, 0.1) is 19.3 Å². The average Bonchev–Trinajstić information content (AvgIpc) is 3.34. The van der Waals surface area contributed by atoms with Crippen LogP contribution in [0.2, 0.25) is 0 Å². The number of aryl methyl sites for hydroxylation is 2. The quantitative estimate of drug-likeness (QED) is 0.399. The van der Waals surface area contributed by atoms with E-state index in [0.717, 1.165) is 54.9 Å². The Morgan fingerprint density at radius 2 is 1.74 bits per heavy atom. The van der Waals surface area contributed by atoms with Crippen molar-refractivity contribution in [3.8, 4) is 5.75 Å². The Balaban J connectivity index is 1.43. The average molecular weight is 482 g/mol. The number of hydrogen-bond acceptors (Lipinski definition) is 4. The van der Waals surface area contributed by atoms with Crippen molar-refractivity contribution < 1.29 is 14.3 Å². The molecule has 0 atom stereocenters. The molecule has 6 nitrogen and oxygen atoms in total. The van der Waals surface area contributed by atoms with Gasteiger partial charge in [-0.15, -0.1) is 0 Å². The fourth-order valence-electron chi connectivity index (χ4n) is 3.91. The zero-order valence-corrected chi connectivity index (χ0v) is 21.4. The van der Waals surface area contributed by atoms with E-state index in [1.165, 1.54) is 0 Å². The molecule has 2 aromatic rings. The zero-order valence-electron chi connectivity index (χ0n) is 20.6. The van der Waals surface area contributed by atoms with E-state index in [-0.39, 0.29) is 16.9 Å². The van der Waals surface area contributed by atoms with Gasteiger partial charge in [0.2, 0.25) is 5.91 Å². The largest absolute Gasteiger partial charge is 0.493 e. The third-order valence-corrected chi connectivity index (χ3v) is 6.38. The summed E-state index contributed by atoms with van der Waals surface area (Å²) in [6.45, 7) is 10.1. The molecule has 2 aromatic carbocycles. The number of anilines is 1. The molecule has 1 heterocycles. The molecule has 2 N–H and O–H groups in total. The molecule has 0 bridgehead atoms.